The summed E-state index contributed by atoms with van der Waals surface area (Å²) in [7, 11) is 0. The van der Waals surface area contributed by atoms with E-state index in [9.17, 15) is 5.26 Å². The molecule has 0 bridgehead atoms. The fraction of sp³-hybridized carbons (Fsp3) is 0.0588. The van der Waals surface area contributed by atoms with Gasteiger partial charge < -0.3 is 9.84 Å². The van der Waals surface area contributed by atoms with Gasteiger partial charge in [-0.3, -0.25) is 4.98 Å². The molecule has 0 unspecified atom stereocenters. The summed E-state index contributed by atoms with van der Waals surface area (Å²) in [5.41, 5.74) is 1.97. The van der Waals surface area contributed by atoms with Crippen molar-refractivity contribution < 1.29 is 9.84 Å². The molecule has 0 radical (unpaired) electrons. The van der Waals surface area contributed by atoms with E-state index < -0.39 is 0 Å². The Morgan fingerprint density at radius 2 is 1.86 bits per heavy atom. The van der Waals surface area contributed by atoms with Gasteiger partial charge in [-0.15, -0.1) is 0 Å². The second kappa shape index (κ2) is 5.61. The molecule has 0 atom stereocenters. The molecule has 0 saturated carbocycles. The van der Waals surface area contributed by atoms with Crippen LogP contribution in [0.4, 0.5) is 0 Å². The first-order chi connectivity index (χ1) is 10.3. The second-order valence-corrected chi connectivity index (χ2v) is 4.53. The maximum Gasteiger partial charge on any atom is 0.156 e. The molecule has 0 saturated heterocycles. The molecule has 3 rings (SSSR count). The van der Waals surface area contributed by atoms with Crippen molar-refractivity contribution in [2.75, 3.05) is 0 Å². The zero-order chi connectivity index (χ0) is 14.7. The van der Waals surface area contributed by atoms with Crippen molar-refractivity contribution in [2.45, 2.75) is 6.61 Å². The van der Waals surface area contributed by atoms with Crippen LogP contribution in [0.5, 0.6) is 11.5 Å². The lowest BCUT2D eigenvalue weighted by Gasteiger charge is -2.10. The molecule has 4 heteroatoms. The van der Waals surface area contributed by atoms with Gasteiger partial charge in [0.05, 0.1) is 12.1 Å². The highest BCUT2D eigenvalue weighted by Crippen LogP contribution is 2.32. The molecular formula is C17H12N2O2. The van der Waals surface area contributed by atoms with E-state index in [2.05, 4.69) is 11.1 Å². The molecule has 0 fully saturated rings. The van der Waals surface area contributed by atoms with Crippen LogP contribution in [0.15, 0.2) is 54.7 Å². The van der Waals surface area contributed by atoms with E-state index in [-0.39, 0.29) is 6.61 Å². The summed E-state index contributed by atoms with van der Waals surface area (Å²) in [5.74, 6) is 1.11. The lowest BCUT2D eigenvalue weighted by molar-refractivity contribution is 0.281. The average Bonchev–Trinajstić information content (AvgIpc) is 2.56. The van der Waals surface area contributed by atoms with Gasteiger partial charge >= 0.3 is 0 Å². The van der Waals surface area contributed by atoms with E-state index in [0.29, 0.717) is 17.1 Å². The first-order valence-corrected chi connectivity index (χ1v) is 6.47. The van der Waals surface area contributed by atoms with Crippen molar-refractivity contribution in [3.8, 4) is 17.6 Å². The maximum atomic E-state index is 9.24. The minimum atomic E-state index is -0.0120. The van der Waals surface area contributed by atoms with E-state index in [1.54, 1.807) is 24.3 Å². The van der Waals surface area contributed by atoms with E-state index in [0.717, 1.165) is 16.5 Å². The molecule has 1 aromatic heterocycles. The minimum absolute atomic E-state index is 0.0120. The molecule has 0 aliphatic rings. The Morgan fingerprint density at radius 1 is 1.10 bits per heavy atom. The average molecular weight is 276 g/mol. The molecule has 1 N–H and O–H groups in total. The highest BCUT2D eigenvalue weighted by atomic mass is 16.5. The number of nitrogens with zero attached hydrogens (tertiary/aromatic N) is 2. The summed E-state index contributed by atoms with van der Waals surface area (Å²) in [5, 5.41) is 19.1. The van der Waals surface area contributed by atoms with Crippen molar-refractivity contribution >= 4 is 10.9 Å². The fourth-order valence-electron chi connectivity index (χ4n) is 2.09. The number of aromatic nitrogens is 1. The fourth-order valence-corrected chi connectivity index (χ4v) is 2.09. The monoisotopic (exact) mass is 276 g/mol. The third kappa shape index (κ3) is 2.55. The van der Waals surface area contributed by atoms with Gasteiger partial charge in [0.25, 0.3) is 0 Å². The molecule has 0 aliphatic heterocycles. The molecule has 4 nitrogen and oxygen atoms in total. The van der Waals surface area contributed by atoms with E-state index in [4.69, 9.17) is 9.84 Å². The van der Waals surface area contributed by atoms with Gasteiger partial charge in [0, 0.05) is 11.6 Å². The van der Waals surface area contributed by atoms with Crippen molar-refractivity contribution in [3.63, 3.8) is 0 Å². The Balaban J connectivity index is 2.08. The number of hydrogen-bond donors (Lipinski definition) is 1. The molecule has 2 aromatic carbocycles. The zero-order valence-electron chi connectivity index (χ0n) is 11.2. The van der Waals surface area contributed by atoms with Crippen LogP contribution in [-0.2, 0) is 6.61 Å². The summed E-state index contributed by atoms with van der Waals surface area (Å²) < 4.78 is 5.87. The first-order valence-electron chi connectivity index (χ1n) is 6.47. The molecule has 3 aromatic rings. The number of fused-ring (bicyclic) bond motifs is 1. The number of ether oxygens (including phenoxy) is 1. The molecule has 102 valence electrons. The van der Waals surface area contributed by atoms with Crippen molar-refractivity contribution in [3.05, 3.63) is 65.9 Å². The van der Waals surface area contributed by atoms with Crippen LogP contribution in [0.2, 0.25) is 0 Å². The van der Waals surface area contributed by atoms with Crippen LogP contribution in [0.1, 0.15) is 11.1 Å². The Labute approximate surface area is 121 Å². The van der Waals surface area contributed by atoms with E-state index in [1.807, 2.05) is 24.3 Å². The number of aliphatic hydroxyl groups is 1. The Hall–Kier alpha value is -2.90. The van der Waals surface area contributed by atoms with E-state index >= 15 is 0 Å². The quantitative estimate of drug-likeness (QED) is 0.796. The van der Waals surface area contributed by atoms with Gasteiger partial charge in [-0.25, -0.2) is 0 Å². The lowest BCUT2D eigenvalue weighted by atomic mass is 10.1. The number of pyridine rings is 1. The van der Waals surface area contributed by atoms with Gasteiger partial charge in [-0.1, -0.05) is 24.3 Å². The number of rotatable bonds is 3. The first kappa shape index (κ1) is 13.1. The summed E-state index contributed by atoms with van der Waals surface area (Å²) in [6.07, 6.45) is 1.51. The Bertz CT molecular complexity index is 820. The van der Waals surface area contributed by atoms with Crippen LogP contribution < -0.4 is 4.74 Å². The predicted molar refractivity (Wildman–Crippen MR) is 78.9 cm³/mol. The largest absolute Gasteiger partial charge is 0.455 e. The highest BCUT2D eigenvalue weighted by molar-refractivity contribution is 5.87. The van der Waals surface area contributed by atoms with Gasteiger partial charge in [0.1, 0.15) is 17.4 Å². The molecule has 0 amide bonds. The minimum Gasteiger partial charge on any atom is -0.455 e. The van der Waals surface area contributed by atoms with Gasteiger partial charge in [-0.2, -0.15) is 5.26 Å². The van der Waals surface area contributed by atoms with Crippen molar-refractivity contribution in [1.82, 2.24) is 4.98 Å². The second-order valence-electron chi connectivity index (χ2n) is 4.53. The van der Waals surface area contributed by atoms with Crippen LogP contribution >= 0.6 is 0 Å². The third-order valence-electron chi connectivity index (χ3n) is 3.17. The molecule has 21 heavy (non-hydrogen) atoms. The number of nitriles is 1. The van der Waals surface area contributed by atoms with Gasteiger partial charge in [-0.05, 0) is 29.8 Å². The van der Waals surface area contributed by atoms with Crippen LogP contribution in [0, 0.1) is 11.3 Å². The smallest absolute Gasteiger partial charge is 0.156 e. The maximum absolute atomic E-state index is 9.24. The standard InChI is InChI=1S/C17H12N2O2/c18-9-13-10-19-16-4-2-1-3-15(16)17(13)21-14-7-5-12(11-20)6-8-14/h1-8,10,20H,11H2. The Morgan fingerprint density at radius 3 is 2.57 bits per heavy atom. The Kier molecular flexibility index (Phi) is 3.50. The summed E-state index contributed by atoms with van der Waals surface area (Å²) in [4.78, 5) is 4.25. The lowest BCUT2D eigenvalue weighted by Crippen LogP contribution is -1.92. The molecular weight excluding hydrogens is 264 g/mol. The van der Waals surface area contributed by atoms with Crippen molar-refractivity contribution in [2.24, 2.45) is 0 Å². The number of benzene rings is 2. The number of hydrogen-bond acceptors (Lipinski definition) is 4. The normalized spacial score (nSPS) is 10.3. The number of para-hydroxylation sites is 1. The topological polar surface area (TPSA) is 66.1 Å². The molecule has 0 spiro atoms. The molecule has 0 aliphatic carbocycles. The van der Waals surface area contributed by atoms with Crippen LogP contribution in [-0.4, -0.2) is 10.1 Å². The third-order valence-corrected chi connectivity index (χ3v) is 3.17. The van der Waals surface area contributed by atoms with E-state index in [1.165, 1.54) is 6.20 Å². The molecule has 1 heterocycles. The van der Waals surface area contributed by atoms with Gasteiger partial charge in [0.15, 0.2) is 5.75 Å². The predicted octanol–water partition coefficient (Wildman–Crippen LogP) is 3.39. The number of aliphatic hydroxyl groups excluding tert-OH is 1. The highest BCUT2D eigenvalue weighted by Gasteiger charge is 2.10. The van der Waals surface area contributed by atoms with Gasteiger partial charge in [0.2, 0.25) is 0 Å². The summed E-state index contributed by atoms with van der Waals surface area (Å²) >= 11 is 0. The zero-order valence-corrected chi connectivity index (χ0v) is 11.2. The van der Waals surface area contributed by atoms with Crippen molar-refractivity contribution in [1.29, 1.82) is 5.26 Å². The SMILES string of the molecule is N#Cc1cnc2ccccc2c1Oc1ccc(CO)cc1. The van der Waals surface area contributed by atoms with Crippen LogP contribution in [0.25, 0.3) is 10.9 Å². The summed E-state index contributed by atoms with van der Waals surface area (Å²) in [6, 6.07) is 16.7. The van der Waals surface area contributed by atoms with Crippen LogP contribution in [0.3, 0.4) is 0 Å². The summed E-state index contributed by atoms with van der Waals surface area (Å²) in [6.45, 7) is -0.0120.